The average Bonchev–Trinajstić information content (AvgIpc) is 3.32. The summed E-state index contributed by atoms with van der Waals surface area (Å²) in [7, 11) is 0. The fraction of sp³-hybridized carbons (Fsp3) is 0.227. The van der Waals surface area contributed by atoms with Crippen LogP contribution in [0.4, 0.5) is 4.79 Å². The third-order valence-electron chi connectivity index (χ3n) is 5.26. The molecule has 2 heterocycles. The first-order chi connectivity index (χ1) is 13.9. The van der Waals surface area contributed by atoms with E-state index in [1.807, 2.05) is 49.4 Å². The minimum absolute atomic E-state index is 0.286. The van der Waals surface area contributed by atoms with Gasteiger partial charge >= 0.3 is 6.03 Å². The van der Waals surface area contributed by atoms with Crippen molar-refractivity contribution in [3.05, 3.63) is 72.2 Å². The van der Waals surface area contributed by atoms with Gasteiger partial charge in [-0.15, -0.1) is 0 Å². The van der Waals surface area contributed by atoms with Crippen LogP contribution < -0.4 is 10.6 Å². The van der Waals surface area contributed by atoms with E-state index in [2.05, 4.69) is 10.6 Å². The maximum atomic E-state index is 12.8. The molecule has 29 heavy (non-hydrogen) atoms. The average molecular weight is 391 g/mol. The Kier molecular flexibility index (Phi) is 4.58. The van der Waals surface area contributed by atoms with Crippen LogP contribution in [-0.4, -0.2) is 29.3 Å². The lowest BCUT2D eigenvalue weighted by Gasteiger charge is -2.20. The van der Waals surface area contributed by atoms with Gasteiger partial charge in [-0.1, -0.05) is 42.5 Å². The molecule has 4 amide bonds. The van der Waals surface area contributed by atoms with Crippen LogP contribution in [0, 0.1) is 0 Å². The number of urea groups is 1. The number of carbonyl (C=O) groups is 3. The lowest BCUT2D eigenvalue weighted by Crippen LogP contribution is -2.43. The first-order valence-corrected chi connectivity index (χ1v) is 9.35. The van der Waals surface area contributed by atoms with E-state index in [1.54, 1.807) is 19.1 Å². The standard InChI is InChI=1S/C22H21N3O4/c1-14(16-10-5-8-15-7-3-4-9-17(15)16)23-19(26)13-25-20(27)22(2,24-21(25)28)18-11-6-12-29-18/h3-12,14H,13H2,1-2H3,(H,23,26)(H,24,28). The van der Waals surface area contributed by atoms with Crippen molar-refractivity contribution in [3.8, 4) is 0 Å². The summed E-state index contributed by atoms with van der Waals surface area (Å²) in [6.07, 6.45) is 1.43. The molecule has 7 nitrogen and oxygen atoms in total. The molecule has 1 aliphatic rings. The molecule has 0 aliphatic carbocycles. The van der Waals surface area contributed by atoms with Crippen LogP contribution in [0.15, 0.2) is 65.3 Å². The smallest absolute Gasteiger partial charge is 0.325 e. The van der Waals surface area contributed by atoms with Crippen molar-refractivity contribution in [3.63, 3.8) is 0 Å². The number of benzene rings is 2. The number of carbonyl (C=O) groups excluding carboxylic acids is 3. The molecular formula is C22H21N3O4. The molecule has 2 N–H and O–H groups in total. The van der Waals surface area contributed by atoms with E-state index in [0.717, 1.165) is 21.2 Å². The van der Waals surface area contributed by atoms with Crippen LogP contribution in [0.25, 0.3) is 10.8 Å². The number of amides is 4. The van der Waals surface area contributed by atoms with Gasteiger partial charge < -0.3 is 15.1 Å². The Morgan fingerprint density at radius 2 is 1.90 bits per heavy atom. The van der Waals surface area contributed by atoms with Gasteiger partial charge in [-0.2, -0.15) is 0 Å². The highest BCUT2D eigenvalue weighted by Gasteiger charge is 2.51. The minimum atomic E-state index is -1.32. The highest BCUT2D eigenvalue weighted by Crippen LogP contribution is 2.29. The zero-order chi connectivity index (χ0) is 20.6. The Morgan fingerprint density at radius 1 is 1.14 bits per heavy atom. The Hall–Kier alpha value is -3.61. The van der Waals surface area contributed by atoms with Gasteiger partial charge in [-0.25, -0.2) is 4.79 Å². The predicted molar refractivity (Wildman–Crippen MR) is 107 cm³/mol. The van der Waals surface area contributed by atoms with Gasteiger partial charge in [0, 0.05) is 0 Å². The summed E-state index contributed by atoms with van der Waals surface area (Å²) in [5, 5.41) is 7.62. The first kappa shape index (κ1) is 18.7. The summed E-state index contributed by atoms with van der Waals surface area (Å²) in [6, 6.07) is 16.2. The topological polar surface area (TPSA) is 91.7 Å². The largest absolute Gasteiger partial charge is 0.466 e. The molecule has 0 bridgehead atoms. The van der Waals surface area contributed by atoms with Crippen molar-refractivity contribution in [2.24, 2.45) is 0 Å². The maximum absolute atomic E-state index is 12.8. The van der Waals surface area contributed by atoms with Crippen molar-refractivity contribution in [1.82, 2.24) is 15.5 Å². The second kappa shape index (κ2) is 7.09. The third kappa shape index (κ3) is 3.24. The van der Waals surface area contributed by atoms with Gasteiger partial charge in [0.25, 0.3) is 5.91 Å². The molecule has 1 aliphatic heterocycles. The van der Waals surface area contributed by atoms with Crippen LogP contribution in [0.2, 0.25) is 0 Å². The highest BCUT2D eigenvalue weighted by molar-refractivity contribution is 6.08. The fourth-order valence-electron chi connectivity index (χ4n) is 3.71. The lowest BCUT2D eigenvalue weighted by molar-refractivity contribution is -0.135. The van der Waals surface area contributed by atoms with E-state index in [0.29, 0.717) is 5.76 Å². The predicted octanol–water partition coefficient (Wildman–Crippen LogP) is 3.08. The quantitative estimate of drug-likeness (QED) is 0.654. The third-order valence-corrected chi connectivity index (χ3v) is 5.26. The normalized spacial score (nSPS) is 20.0. The van der Waals surface area contributed by atoms with E-state index in [4.69, 9.17) is 4.42 Å². The Morgan fingerprint density at radius 3 is 2.66 bits per heavy atom. The summed E-state index contributed by atoms with van der Waals surface area (Å²) in [5.41, 5.74) is -0.351. The molecule has 3 aromatic rings. The van der Waals surface area contributed by atoms with Crippen molar-refractivity contribution in [1.29, 1.82) is 0 Å². The zero-order valence-corrected chi connectivity index (χ0v) is 16.1. The van der Waals surface area contributed by atoms with Crippen LogP contribution in [-0.2, 0) is 15.1 Å². The lowest BCUT2D eigenvalue weighted by atomic mass is 9.99. The number of rotatable bonds is 5. The molecule has 7 heteroatoms. The van der Waals surface area contributed by atoms with E-state index in [1.165, 1.54) is 6.26 Å². The Bertz CT molecular complexity index is 1090. The molecule has 1 aromatic heterocycles. The second-order valence-electron chi connectivity index (χ2n) is 7.28. The number of fused-ring (bicyclic) bond motifs is 1. The maximum Gasteiger partial charge on any atom is 0.325 e. The fourth-order valence-corrected chi connectivity index (χ4v) is 3.71. The molecule has 1 saturated heterocycles. The summed E-state index contributed by atoms with van der Waals surface area (Å²) in [5.74, 6) is -0.620. The molecule has 2 aromatic carbocycles. The minimum Gasteiger partial charge on any atom is -0.466 e. The summed E-state index contributed by atoms with van der Waals surface area (Å²) >= 11 is 0. The van der Waals surface area contributed by atoms with E-state index in [9.17, 15) is 14.4 Å². The van der Waals surface area contributed by atoms with Crippen molar-refractivity contribution in [2.45, 2.75) is 25.4 Å². The summed E-state index contributed by atoms with van der Waals surface area (Å²) < 4.78 is 5.29. The van der Waals surface area contributed by atoms with Gasteiger partial charge in [-0.3, -0.25) is 14.5 Å². The van der Waals surface area contributed by atoms with E-state index >= 15 is 0 Å². The molecule has 1 fully saturated rings. The first-order valence-electron chi connectivity index (χ1n) is 9.35. The number of nitrogens with zero attached hydrogens (tertiary/aromatic N) is 1. The Balaban J connectivity index is 1.48. The number of imide groups is 1. The molecule has 0 spiro atoms. The highest BCUT2D eigenvalue weighted by atomic mass is 16.3. The van der Waals surface area contributed by atoms with E-state index < -0.39 is 23.4 Å². The molecular weight excluding hydrogens is 370 g/mol. The number of hydrogen-bond donors (Lipinski definition) is 2. The molecule has 0 saturated carbocycles. The van der Waals surface area contributed by atoms with Crippen molar-refractivity contribution < 1.29 is 18.8 Å². The molecule has 2 atom stereocenters. The Labute approximate surface area is 167 Å². The molecule has 4 rings (SSSR count). The summed E-state index contributed by atoms with van der Waals surface area (Å²) in [4.78, 5) is 38.6. The SMILES string of the molecule is CC(NC(=O)CN1C(=O)NC(C)(c2ccco2)C1=O)c1cccc2ccccc12. The van der Waals surface area contributed by atoms with Gasteiger partial charge in [-0.05, 0) is 42.3 Å². The zero-order valence-electron chi connectivity index (χ0n) is 16.1. The van der Waals surface area contributed by atoms with Gasteiger partial charge in [0.1, 0.15) is 12.3 Å². The monoisotopic (exact) mass is 391 g/mol. The molecule has 148 valence electrons. The van der Waals surface area contributed by atoms with Crippen molar-refractivity contribution in [2.75, 3.05) is 6.54 Å². The van der Waals surface area contributed by atoms with Gasteiger partial charge in [0.2, 0.25) is 5.91 Å². The number of nitrogens with one attached hydrogen (secondary N) is 2. The summed E-state index contributed by atoms with van der Waals surface area (Å²) in [6.45, 7) is 3.07. The van der Waals surface area contributed by atoms with Crippen LogP contribution in [0.5, 0.6) is 0 Å². The van der Waals surface area contributed by atoms with Gasteiger partial charge in [0.05, 0.1) is 12.3 Å². The van der Waals surface area contributed by atoms with Crippen LogP contribution in [0.1, 0.15) is 31.2 Å². The molecule has 0 radical (unpaired) electrons. The van der Waals surface area contributed by atoms with Crippen molar-refractivity contribution >= 4 is 28.6 Å². The van der Waals surface area contributed by atoms with E-state index in [-0.39, 0.29) is 12.6 Å². The molecule has 2 unspecified atom stereocenters. The number of furan rings is 1. The second-order valence-corrected chi connectivity index (χ2v) is 7.28. The van der Waals surface area contributed by atoms with Crippen LogP contribution in [0.3, 0.4) is 0 Å². The van der Waals surface area contributed by atoms with Crippen LogP contribution >= 0.6 is 0 Å². The number of hydrogen-bond acceptors (Lipinski definition) is 4. The van der Waals surface area contributed by atoms with Gasteiger partial charge in [0.15, 0.2) is 5.54 Å².